The summed E-state index contributed by atoms with van der Waals surface area (Å²) >= 11 is 0. The molecule has 1 aliphatic carbocycles. The van der Waals surface area contributed by atoms with E-state index in [9.17, 15) is 44.1 Å². The Labute approximate surface area is 340 Å². The minimum atomic E-state index is -1.26. The van der Waals surface area contributed by atoms with Crippen LogP contribution in [0.15, 0.2) is 85.7 Å². The molecule has 2 amide bonds. The number of aromatic carboxylic acids is 1. The summed E-state index contributed by atoms with van der Waals surface area (Å²) in [5.74, 6) is -2.31. The van der Waals surface area contributed by atoms with Crippen molar-refractivity contribution in [3.05, 3.63) is 115 Å². The van der Waals surface area contributed by atoms with Gasteiger partial charge in [-0.25, -0.2) is 9.59 Å². The highest BCUT2D eigenvalue weighted by Gasteiger charge is 2.32. The minimum absolute atomic E-state index is 0.00127. The summed E-state index contributed by atoms with van der Waals surface area (Å²) in [7, 11) is -0.327. The van der Waals surface area contributed by atoms with Crippen LogP contribution in [0.25, 0.3) is 39.5 Å². The summed E-state index contributed by atoms with van der Waals surface area (Å²) in [6.45, 7) is 8.35. The number of nitrogens with one attached hydrogen (secondary N) is 3. The number of nitrogens with zero attached hydrogens (tertiary/aromatic N) is 1. The fraction of sp³-hybridized carbons (Fsp3) is 0.317. The number of benzene rings is 3. The number of carboxylic acid groups (broad SMARTS) is 1. The Hall–Kier alpha value is -5.87. The van der Waals surface area contributed by atoms with E-state index in [-0.39, 0.29) is 73.1 Å². The Morgan fingerprint density at radius 3 is 2.46 bits per heavy atom. The lowest BCUT2D eigenvalue weighted by Gasteiger charge is -2.36. The van der Waals surface area contributed by atoms with Crippen LogP contribution in [-0.4, -0.2) is 78.8 Å². The summed E-state index contributed by atoms with van der Waals surface area (Å²) in [4.78, 5) is 88.4. The van der Waals surface area contributed by atoms with Crippen LogP contribution < -0.4 is 27.3 Å². The first kappa shape index (κ1) is 44.2. The van der Waals surface area contributed by atoms with E-state index in [2.05, 4.69) is 15.6 Å². The van der Waals surface area contributed by atoms with Crippen molar-refractivity contribution >= 4 is 50.5 Å². The number of aromatic amines is 1. The van der Waals surface area contributed by atoms with Crippen molar-refractivity contribution in [3.8, 4) is 28.2 Å². The standard InChI is InChI=1S/C41H45BN4O12P/c1-40(2,44-33(50)14-8-24-21-46(39(55)43-36(24)51)34(57-17-16-47)6-5-15-42-59-56)22-41(3,4)45-37(52)23-7-11-27(38(53)54)30(18-23)35-28-12-9-25(48)19-31(28)58-32-20-26(49)10-13-29(32)35/h7-14,18-21,34,47-48,56,59H,5-6,15-17,22H2,1-4H3,(H,44,50)(H,45,52)(H,53,54)(H,43,51,55). The van der Waals surface area contributed by atoms with Crippen molar-refractivity contribution in [1.82, 2.24) is 20.2 Å². The predicted molar refractivity (Wildman–Crippen MR) is 224 cm³/mol. The van der Waals surface area contributed by atoms with E-state index in [1.54, 1.807) is 40.8 Å². The van der Waals surface area contributed by atoms with Gasteiger partial charge in [0.25, 0.3) is 11.5 Å². The van der Waals surface area contributed by atoms with Gasteiger partial charge in [-0.2, -0.15) is 0 Å². The Morgan fingerprint density at radius 1 is 1.00 bits per heavy atom. The number of rotatable bonds is 18. The lowest BCUT2D eigenvalue weighted by Crippen LogP contribution is -2.53. The van der Waals surface area contributed by atoms with Crippen molar-refractivity contribution in [2.75, 3.05) is 13.2 Å². The number of hydrogen-bond acceptors (Lipinski definition) is 11. The summed E-state index contributed by atoms with van der Waals surface area (Å²) in [6.07, 6.45) is 4.53. The molecule has 1 aromatic heterocycles. The molecular weight excluding hydrogens is 782 g/mol. The number of H-pyrrole nitrogens is 1. The Balaban J connectivity index is 1.34. The van der Waals surface area contributed by atoms with E-state index in [1.165, 1.54) is 65.4 Å². The van der Waals surface area contributed by atoms with Gasteiger partial charge < -0.3 is 40.0 Å². The predicted octanol–water partition coefficient (Wildman–Crippen LogP) is 4.24. The maximum Gasteiger partial charge on any atom is 0.336 e. The van der Waals surface area contributed by atoms with Crippen LogP contribution in [0.4, 0.5) is 0 Å². The van der Waals surface area contributed by atoms with E-state index >= 15 is 0 Å². The third-order valence-electron chi connectivity index (χ3n) is 9.27. The zero-order chi connectivity index (χ0) is 43.1. The molecule has 2 aliphatic rings. The van der Waals surface area contributed by atoms with Crippen LogP contribution >= 0.6 is 8.69 Å². The number of aliphatic hydroxyl groups is 1. The molecule has 16 nitrogen and oxygen atoms in total. The monoisotopic (exact) mass is 827 g/mol. The van der Waals surface area contributed by atoms with Crippen molar-refractivity contribution < 1.29 is 43.8 Å². The normalized spacial score (nSPS) is 12.7. The van der Waals surface area contributed by atoms with Gasteiger partial charge in [-0.1, -0.05) is 12.7 Å². The van der Waals surface area contributed by atoms with E-state index in [0.717, 1.165) is 6.08 Å². The van der Waals surface area contributed by atoms with Gasteiger partial charge in [0.15, 0.2) is 12.4 Å². The number of hydrogen-bond donors (Lipinski definition) is 7. The number of aliphatic hydroxyl groups excluding tert-OH is 1. The molecule has 3 aromatic rings. The molecule has 2 aromatic carbocycles. The summed E-state index contributed by atoms with van der Waals surface area (Å²) in [6, 6.07) is 12.6. The van der Waals surface area contributed by atoms with E-state index in [0.29, 0.717) is 35.7 Å². The highest BCUT2D eigenvalue weighted by atomic mass is 31.1. The third-order valence-corrected chi connectivity index (χ3v) is 9.74. The first-order valence-electron chi connectivity index (χ1n) is 18.6. The maximum absolute atomic E-state index is 13.8. The molecule has 7 N–H and O–H groups in total. The van der Waals surface area contributed by atoms with Crippen molar-refractivity contribution in [2.45, 2.75) is 70.6 Å². The average Bonchev–Trinajstić information content (AvgIpc) is 3.15. The molecule has 0 saturated carbocycles. The number of phenols is 1. The molecule has 1 aliphatic heterocycles. The van der Waals surface area contributed by atoms with Crippen molar-refractivity contribution in [1.29, 1.82) is 0 Å². The van der Waals surface area contributed by atoms with Gasteiger partial charge in [0.05, 0.1) is 24.3 Å². The molecule has 2 heterocycles. The average molecular weight is 828 g/mol. The Kier molecular flexibility index (Phi) is 14.1. The van der Waals surface area contributed by atoms with Crippen LogP contribution in [0.2, 0.25) is 6.32 Å². The fourth-order valence-corrected chi connectivity index (χ4v) is 7.46. The minimum Gasteiger partial charge on any atom is -0.508 e. The van der Waals surface area contributed by atoms with E-state index < -0.39 is 46.3 Å². The van der Waals surface area contributed by atoms with Gasteiger partial charge in [0.2, 0.25) is 5.91 Å². The van der Waals surface area contributed by atoms with Gasteiger partial charge in [-0.05, 0) is 103 Å². The number of aromatic hydroxyl groups is 1. The van der Waals surface area contributed by atoms with E-state index in [4.69, 9.17) is 14.0 Å². The van der Waals surface area contributed by atoms with E-state index in [1.807, 2.05) is 0 Å². The summed E-state index contributed by atoms with van der Waals surface area (Å²) in [5, 5.41) is 35.9. The Bertz CT molecular complexity index is 2540. The smallest absolute Gasteiger partial charge is 0.336 e. The molecular formula is C41H45BN4O12P. The lowest BCUT2D eigenvalue weighted by atomic mass is 9.86. The lowest BCUT2D eigenvalue weighted by molar-refractivity contribution is -0.118. The third kappa shape index (κ3) is 11.2. The zero-order valence-corrected chi connectivity index (χ0v) is 33.8. The van der Waals surface area contributed by atoms with Gasteiger partial charge in [-0.3, -0.25) is 28.7 Å². The topological polar surface area (TPSA) is 250 Å². The zero-order valence-electron chi connectivity index (χ0n) is 32.8. The van der Waals surface area contributed by atoms with Gasteiger partial charge >= 0.3 is 11.7 Å². The molecule has 59 heavy (non-hydrogen) atoms. The molecule has 0 fully saturated rings. The molecule has 0 saturated heterocycles. The number of aromatic nitrogens is 2. The number of carbonyl (C=O) groups is 3. The van der Waals surface area contributed by atoms with Crippen LogP contribution in [0.5, 0.6) is 5.75 Å². The SMILES string of the molecule is CC(C)(CC(C)(C)NC(=O)c1ccc(C(=O)O)c(-c2c3ccc(=O)cc-3oc3cc(O)ccc23)c1)NC(=O)C=Cc1cn(C(CCC[B]PO)OCCO)c(=O)[nH]c1=O. The molecule has 0 spiro atoms. The van der Waals surface area contributed by atoms with Crippen LogP contribution in [0, 0.1) is 0 Å². The van der Waals surface area contributed by atoms with Crippen molar-refractivity contribution in [2.24, 2.45) is 0 Å². The second-order valence-corrected chi connectivity index (χ2v) is 15.8. The van der Waals surface area contributed by atoms with Gasteiger partial charge in [0.1, 0.15) is 23.3 Å². The van der Waals surface area contributed by atoms with Gasteiger partial charge in [0, 0.05) is 57.6 Å². The quantitative estimate of drug-likeness (QED) is 0.0216. The summed E-state index contributed by atoms with van der Waals surface area (Å²) < 4.78 is 12.7. The second kappa shape index (κ2) is 18.8. The first-order chi connectivity index (χ1) is 27.9. The largest absolute Gasteiger partial charge is 0.508 e. The van der Waals surface area contributed by atoms with Crippen LogP contribution in [0.3, 0.4) is 0 Å². The van der Waals surface area contributed by atoms with Crippen LogP contribution in [-0.2, 0) is 9.53 Å². The van der Waals surface area contributed by atoms with Crippen LogP contribution in [0.1, 0.15) is 79.5 Å². The molecule has 1 radical (unpaired) electrons. The molecule has 309 valence electrons. The van der Waals surface area contributed by atoms with Crippen molar-refractivity contribution in [3.63, 3.8) is 0 Å². The molecule has 5 rings (SSSR count). The fourth-order valence-electron chi connectivity index (χ4n) is 7.13. The van der Waals surface area contributed by atoms with Gasteiger partial charge in [-0.15, -0.1) is 0 Å². The second-order valence-electron chi connectivity index (χ2n) is 15.2. The molecule has 2 atom stereocenters. The number of ether oxygens (including phenoxy) is 1. The highest BCUT2D eigenvalue weighted by molar-refractivity contribution is 7.66. The molecule has 18 heteroatoms. The number of carboxylic acids is 1. The number of amides is 2. The number of fused-ring (bicyclic) bond motifs is 2. The molecule has 0 bridgehead atoms. The highest BCUT2D eigenvalue weighted by Crippen LogP contribution is 2.42. The first-order valence-corrected chi connectivity index (χ1v) is 19.6. The Morgan fingerprint density at radius 2 is 1.75 bits per heavy atom. The number of carbonyl (C=O) groups excluding carboxylic acids is 2. The summed E-state index contributed by atoms with van der Waals surface area (Å²) in [5.41, 5.74) is -2.48. The number of phenolic OH excluding ortho intramolecular Hbond substituents is 1. The maximum atomic E-state index is 13.8. The molecule has 2 unspecified atom stereocenters.